The van der Waals surface area contributed by atoms with Gasteiger partial charge in [0.15, 0.2) is 0 Å². The molecule has 2 aromatic rings. The van der Waals surface area contributed by atoms with Crippen LogP contribution in [0.1, 0.15) is 23.4 Å². The number of benzene rings is 1. The van der Waals surface area contributed by atoms with E-state index in [9.17, 15) is 0 Å². The van der Waals surface area contributed by atoms with Crippen LogP contribution < -0.4 is 10.1 Å². The monoisotopic (exact) mass is 247 g/mol. The highest BCUT2D eigenvalue weighted by Gasteiger charge is 2.05. The molecule has 0 saturated heterocycles. The normalized spacial score (nSPS) is 12.4. The van der Waals surface area contributed by atoms with Crippen LogP contribution in [0.2, 0.25) is 0 Å². The number of thiophene rings is 1. The Labute approximate surface area is 106 Å². The molecule has 90 valence electrons. The van der Waals surface area contributed by atoms with Crippen LogP contribution >= 0.6 is 11.3 Å². The van der Waals surface area contributed by atoms with Crippen LogP contribution in [-0.2, 0) is 6.54 Å². The van der Waals surface area contributed by atoms with Crippen LogP contribution in [0, 0.1) is 0 Å². The van der Waals surface area contributed by atoms with E-state index < -0.39 is 0 Å². The molecule has 0 bridgehead atoms. The van der Waals surface area contributed by atoms with Crippen molar-refractivity contribution < 1.29 is 4.74 Å². The van der Waals surface area contributed by atoms with Crippen LogP contribution in [0.15, 0.2) is 41.8 Å². The Hall–Kier alpha value is -1.32. The van der Waals surface area contributed by atoms with Crippen molar-refractivity contribution in [3.05, 3.63) is 52.2 Å². The molecule has 0 aliphatic heterocycles. The van der Waals surface area contributed by atoms with Crippen molar-refractivity contribution in [1.82, 2.24) is 5.32 Å². The molecule has 0 aliphatic rings. The third-order valence-corrected chi connectivity index (χ3v) is 3.77. The topological polar surface area (TPSA) is 21.3 Å². The van der Waals surface area contributed by atoms with E-state index in [1.54, 1.807) is 18.4 Å². The van der Waals surface area contributed by atoms with E-state index in [-0.39, 0.29) is 0 Å². The smallest absolute Gasteiger partial charge is 0.119 e. The van der Waals surface area contributed by atoms with Gasteiger partial charge in [0.05, 0.1) is 7.11 Å². The van der Waals surface area contributed by atoms with Crippen LogP contribution in [0.5, 0.6) is 5.75 Å². The first-order chi connectivity index (χ1) is 8.29. The maximum absolute atomic E-state index is 5.21. The average Bonchev–Trinajstić information content (AvgIpc) is 2.90. The molecule has 1 heterocycles. The first-order valence-electron chi connectivity index (χ1n) is 5.69. The molecule has 0 aliphatic carbocycles. The first kappa shape index (κ1) is 12.1. The van der Waals surface area contributed by atoms with E-state index in [4.69, 9.17) is 4.74 Å². The third-order valence-electron chi connectivity index (χ3n) is 2.72. The van der Waals surface area contributed by atoms with Gasteiger partial charge in [-0.3, -0.25) is 0 Å². The third kappa shape index (κ3) is 3.32. The van der Waals surface area contributed by atoms with E-state index in [0.717, 1.165) is 12.3 Å². The minimum absolute atomic E-state index is 0.390. The van der Waals surface area contributed by atoms with Crippen LogP contribution in [0.3, 0.4) is 0 Å². The van der Waals surface area contributed by atoms with E-state index in [0.29, 0.717) is 6.04 Å². The SMILES string of the molecule is COc1cccc(CNC(C)c2cccs2)c1. The number of rotatable bonds is 5. The van der Waals surface area contributed by atoms with Gasteiger partial charge in [-0.2, -0.15) is 0 Å². The van der Waals surface area contributed by atoms with Crippen molar-refractivity contribution in [1.29, 1.82) is 0 Å². The molecule has 2 nitrogen and oxygen atoms in total. The maximum atomic E-state index is 5.21. The molecule has 0 fully saturated rings. The second-order valence-electron chi connectivity index (χ2n) is 3.97. The zero-order valence-corrected chi connectivity index (χ0v) is 11.0. The van der Waals surface area contributed by atoms with E-state index in [1.165, 1.54) is 10.4 Å². The second-order valence-corrected chi connectivity index (χ2v) is 4.95. The summed E-state index contributed by atoms with van der Waals surface area (Å²) in [6.45, 7) is 3.04. The summed E-state index contributed by atoms with van der Waals surface area (Å²) in [5.74, 6) is 0.910. The minimum Gasteiger partial charge on any atom is -0.497 e. The van der Waals surface area contributed by atoms with Crippen molar-refractivity contribution in [3.63, 3.8) is 0 Å². The Balaban J connectivity index is 1.93. The average molecular weight is 247 g/mol. The zero-order valence-electron chi connectivity index (χ0n) is 10.1. The summed E-state index contributed by atoms with van der Waals surface area (Å²) in [6, 6.07) is 12.8. The van der Waals surface area contributed by atoms with Crippen molar-refractivity contribution in [2.24, 2.45) is 0 Å². The maximum Gasteiger partial charge on any atom is 0.119 e. The lowest BCUT2D eigenvalue weighted by molar-refractivity contribution is 0.414. The highest BCUT2D eigenvalue weighted by molar-refractivity contribution is 7.10. The van der Waals surface area contributed by atoms with Gasteiger partial charge in [-0.15, -0.1) is 11.3 Å². The lowest BCUT2D eigenvalue weighted by Crippen LogP contribution is -2.17. The highest BCUT2D eigenvalue weighted by Crippen LogP contribution is 2.19. The summed E-state index contributed by atoms with van der Waals surface area (Å²) in [5.41, 5.74) is 1.24. The summed E-state index contributed by atoms with van der Waals surface area (Å²) < 4.78 is 5.21. The highest BCUT2D eigenvalue weighted by atomic mass is 32.1. The van der Waals surface area contributed by atoms with Gasteiger partial charge in [0.25, 0.3) is 0 Å². The van der Waals surface area contributed by atoms with Gasteiger partial charge in [-0.25, -0.2) is 0 Å². The summed E-state index contributed by atoms with van der Waals surface area (Å²) in [5, 5.41) is 5.62. The van der Waals surface area contributed by atoms with E-state index >= 15 is 0 Å². The molecule has 1 N–H and O–H groups in total. The molecule has 3 heteroatoms. The fourth-order valence-electron chi connectivity index (χ4n) is 1.69. The molecular weight excluding hydrogens is 230 g/mol. The summed E-state index contributed by atoms with van der Waals surface area (Å²) in [7, 11) is 1.70. The van der Waals surface area contributed by atoms with Gasteiger partial charge in [0.2, 0.25) is 0 Å². The summed E-state index contributed by atoms with van der Waals surface area (Å²) >= 11 is 1.79. The number of nitrogens with one attached hydrogen (secondary N) is 1. The number of ether oxygens (including phenoxy) is 1. The van der Waals surface area contributed by atoms with Crippen molar-refractivity contribution in [2.75, 3.05) is 7.11 Å². The number of hydrogen-bond donors (Lipinski definition) is 1. The Kier molecular flexibility index (Phi) is 4.18. The first-order valence-corrected chi connectivity index (χ1v) is 6.57. The molecule has 1 unspecified atom stereocenters. The molecule has 1 aromatic heterocycles. The lowest BCUT2D eigenvalue weighted by atomic mass is 10.2. The fraction of sp³-hybridized carbons (Fsp3) is 0.286. The zero-order chi connectivity index (χ0) is 12.1. The quantitative estimate of drug-likeness (QED) is 0.871. The van der Waals surface area contributed by atoms with Gasteiger partial charge in [0.1, 0.15) is 5.75 Å². The predicted octanol–water partition coefficient (Wildman–Crippen LogP) is 3.61. The van der Waals surface area contributed by atoms with Gasteiger partial charge in [0, 0.05) is 17.5 Å². The summed E-state index contributed by atoms with van der Waals surface area (Å²) in [6.07, 6.45) is 0. The Morgan fingerprint density at radius 1 is 1.29 bits per heavy atom. The molecule has 1 atom stereocenters. The van der Waals surface area contributed by atoms with E-state index in [2.05, 4.69) is 41.9 Å². The Morgan fingerprint density at radius 3 is 2.88 bits per heavy atom. The molecule has 0 spiro atoms. The van der Waals surface area contributed by atoms with Gasteiger partial charge < -0.3 is 10.1 Å². The Bertz CT molecular complexity index is 453. The second kappa shape index (κ2) is 5.84. The van der Waals surface area contributed by atoms with Gasteiger partial charge >= 0.3 is 0 Å². The van der Waals surface area contributed by atoms with Crippen molar-refractivity contribution in [3.8, 4) is 5.75 Å². The largest absolute Gasteiger partial charge is 0.497 e. The fourth-order valence-corrected chi connectivity index (χ4v) is 2.45. The van der Waals surface area contributed by atoms with E-state index in [1.807, 2.05) is 12.1 Å². The Morgan fingerprint density at radius 2 is 2.18 bits per heavy atom. The standard InChI is InChI=1S/C14H17NOS/c1-11(14-7-4-8-17-14)15-10-12-5-3-6-13(9-12)16-2/h3-9,11,15H,10H2,1-2H3. The molecule has 2 rings (SSSR count). The van der Waals surface area contributed by atoms with Crippen molar-refractivity contribution >= 4 is 11.3 Å². The van der Waals surface area contributed by atoms with Gasteiger partial charge in [-0.05, 0) is 36.1 Å². The molecular formula is C14H17NOS. The van der Waals surface area contributed by atoms with Crippen LogP contribution in [-0.4, -0.2) is 7.11 Å². The molecule has 17 heavy (non-hydrogen) atoms. The summed E-state index contributed by atoms with van der Waals surface area (Å²) in [4.78, 5) is 1.37. The van der Waals surface area contributed by atoms with Gasteiger partial charge in [-0.1, -0.05) is 18.2 Å². The molecule has 0 radical (unpaired) electrons. The number of hydrogen-bond acceptors (Lipinski definition) is 3. The lowest BCUT2D eigenvalue weighted by Gasteiger charge is -2.12. The van der Waals surface area contributed by atoms with Crippen LogP contribution in [0.4, 0.5) is 0 Å². The molecule has 1 aromatic carbocycles. The van der Waals surface area contributed by atoms with Crippen molar-refractivity contribution in [2.45, 2.75) is 19.5 Å². The predicted molar refractivity (Wildman–Crippen MR) is 72.6 cm³/mol. The minimum atomic E-state index is 0.390. The number of methoxy groups -OCH3 is 1. The van der Waals surface area contributed by atoms with Crippen LogP contribution in [0.25, 0.3) is 0 Å². The molecule has 0 amide bonds. The molecule has 0 saturated carbocycles.